The predicted octanol–water partition coefficient (Wildman–Crippen LogP) is 2.10. The van der Waals surface area contributed by atoms with Crippen molar-refractivity contribution in [2.24, 2.45) is 0 Å². The topological polar surface area (TPSA) is 79.2 Å². The van der Waals surface area contributed by atoms with Gasteiger partial charge in [0.25, 0.3) is 0 Å². The van der Waals surface area contributed by atoms with Gasteiger partial charge in [-0.15, -0.1) is 0 Å². The normalized spacial score (nSPS) is 10.4. The van der Waals surface area contributed by atoms with Gasteiger partial charge >= 0.3 is 0 Å². The van der Waals surface area contributed by atoms with Gasteiger partial charge in [-0.25, -0.2) is 0 Å². The molecule has 0 fully saturated rings. The zero-order valence-corrected chi connectivity index (χ0v) is 12.4. The third-order valence-corrected chi connectivity index (χ3v) is 3.10. The van der Waals surface area contributed by atoms with E-state index >= 15 is 0 Å². The Balaban J connectivity index is 1.96. The van der Waals surface area contributed by atoms with E-state index in [0.29, 0.717) is 23.8 Å². The van der Waals surface area contributed by atoms with Gasteiger partial charge in [0.1, 0.15) is 0 Å². The fourth-order valence-corrected chi connectivity index (χ4v) is 2.07. The second-order valence-electron chi connectivity index (χ2n) is 4.56. The number of carbonyl (C=O) groups is 1. The van der Waals surface area contributed by atoms with E-state index in [9.17, 15) is 4.79 Å². The molecule has 0 atom stereocenters. The minimum atomic E-state index is -0.158. The Morgan fingerprint density at radius 3 is 2.95 bits per heavy atom. The number of nitrogens with zero attached hydrogens (tertiary/aromatic N) is 2. The molecule has 6 nitrogen and oxygen atoms in total. The van der Waals surface area contributed by atoms with Crippen LogP contribution in [0.3, 0.4) is 0 Å². The number of aliphatic hydroxyl groups excluding tert-OH is 1. The van der Waals surface area contributed by atoms with E-state index in [1.54, 1.807) is 23.0 Å². The van der Waals surface area contributed by atoms with Crippen molar-refractivity contribution >= 4 is 28.9 Å². The number of nitrogens with one attached hydrogen (secondary N) is 2. The smallest absolute Gasteiger partial charge is 0.221 e. The first kappa shape index (κ1) is 15.3. The molecule has 112 valence electrons. The Morgan fingerprint density at radius 1 is 1.48 bits per heavy atom. The number of aromatic nitrogens is 2. The summed E-state index contributed by atoms with van der Waals surface area (Å²) in [5, 5.41) is 19.3. The number of benzene rings is 1. The van der Waals surface area contributed by atoms with Crippen LogP contribution in [0.1, 0.15) is 12.5 Å². The molecule has 3 N–H and O–H groups in total. The molecule has 0 aliphatic rings. The summed E-state index contributed by atoms with van der Waals surface area (Å²) in [5.41, 5.74) is 2.44. The average Bonchev–Trinajstić information content (AvgIpc) is 2.87. The van der Waals surface area contributed by atoms with Gasteiger partial charge < -0.3 is 15.7 Å². The van der Waals surface area contributed by atoms with Crippen molar-refractivity contribution in [3.63, 3.8) is 0 Å². The molecule has 0 bridgehead atoms. The van der Waals surface area contributed by atoms with Gasteiger partial charge in [-0.1, -0.05) is 11.6 Å². The lowest BCUT2D eigenvalue weighted by atomic mass is 10.2. The predicted molar refractivity (Wildman–Crippen MR) is 82.4 cm³/mol. The molecule has 0 aliphatic heterocycles. The molecule has 1 heterocycles. The summed E-state index contributed by atoms with van der Waals surface area (Å²) in [5.74, 6) is -0.158. The summed E-state index contributed by atoms with van der Waals surface area (Å²) in [6.45, 7) is 2.58. The van der Waals surface area contributed by atoms with Gasteiger partial charge in [0.15, 0.2) is 0 Å². The van der Waals surface area contributed by atoms with Crippen molar-refractivity contribution in [2.75, 3.05) is 17.2 Å². The molecule has 0 spiro atoms. The second-order valence-corrected chi connectivity index (χ2v) is 4.97. The monoisotopic (exact) mass is 308 g/mol. The van der Waals surface area contributed by atoms with Crippen molar-refractivity contribution in [3.8, 4) is 0 Å². The van der Waals surface area contributed by atoms with E-state index in [4.69, 9.17) is 16.7 Å². The number of hydrogen-bond acceptors (Lipinski definition) is 4. The van der Waals surface area contributed by atoms with Crippen LogP contribution in [0.5, 0.6) is 0 Å². The van der Waals surface area contributed by atoms with Crippen LogP contribution in [0.25, 0.3) is 0 Å². The van der Waals surface area contributed by atoms with E-state index in [0.717, 1.165) is 11.3 Å². The maximum absolute atomic E-state index is 11.0. The van der Waals surface area contributed by atoms with Gasteiger partial charge in [0.2, 0.25) is 5.91 Å². The summed E-state index contributed by atoms with van der Waals surface area (Å²) < 4.78 is 1.68. The van der Waals surface area contributed by atoms with E-state index in [-0.39, 0.29) is 12.5 Å². The van der Waals surface area contributed by atoms with Crippen molar-refractivity contribution < 1.29 is 9.90 Å². The van der Waals surface area contributed by atoms with E-state index < -0.39 is 0 Å². The van der Waals surface area contributed by atoms with Crippen molar-refractivity contribution in [1.82, 2.24) is 9.78 Å². The fourth-order valence-electron chi connectivity index (χ4n) is 1.84. The van der Waals surface area contributed by atoms with Crippen molar-refractivity contribution in [1.29, 1.82) is 0 Å². The van der Waals surface area contributed by atoms with Crippen LogP contribution in [0.2, 0.25) is 5.02 Å². The number of hydrogen-bond donors (Lipinski definition) is 3. The number of anilines is 2. The lowest BCUT2D eigenvalue weighted by molar-refractivity contribution is -0.114. The Hall–Kier alpha value is -2.05. The first-order chi connectivity index (χ1) is 10.1. The first-order valence-corrected chi connectivity index (χ1v) is 6.89. The summed E-state index contributed by atoms with van der Waals surface area (Å²) in [7, 11) is 0. The quantitative estimate of drug-likeness (QED) is 0.763. The molecule has 2 aromatic rings. The number of rotatable bonds is 6. The molecule has 0 saturated heterocycles. The summed E-state index contributed by atoms with van der Waals surface area (Å²) in [6.07, 6.45) is 3.62. The van der Waals surface area contributed by atoms with E-state index in [1.165, 1.54) is 6.92 Å². The first-order valence-electron chi connectivity index (χ1n) is 6.51. The Labute approximate surface area is 127 Å². The summed E-state index contributed by atoms with van der Waals surface area (Å²) in [6, 6.07) is 5.35. The zero-order chi connectivity index (χ0) is 15.2. The van der Waals surface area contributed by atoms with Crippen LogP contribution in [0, 0.1) is 0 Å². The fraction of sp³-hybridized carbons (Fsp3) is 0.286. The maximum Gasteiger partial charge on any atom is 0.221 e. The molecular formula is C14H17ClN4O2. The van der Waals surface area contributed by atoms with Crippen molar-refractivity contribution in [3.05, 3.63) is 41.2 Å². The minimum Gasteiger partial charge on any atom is -0.394 e. The zero-order valence-electron chi connectivity index (χ0n) is 11.6. The van der Waals surface area contributed by atoms with Crippen LogP contribution in [0.15, 0.2) is 30.6 Å². The number of halogens is 1. The van der Waals surface area contributed by atoms with Crippen LogP contribution < -0.4 is 10.6 Å². The third kappa shape index (κ3) is 4.47. The van der Waals surface area contributed by atoms with Crippen LogP contribution >= 0.6 is 11.6 Å². The molecule has 0 unspecified atom stereocenters. The molecule has 0 radical (unpaired) electrons. The molecule has 2 rings (SSSR count). The highest BCUT2D eigenvalue weighted by atomic mass is 35.5. The molecule has 0 aliphatic carbocycles. The molecule has 1 aromatic heterocycles. The molecule has 1 amide bonds. The van der Waals surface area contributed by atoms with Crippen LogP contribution in [-0.2, 0) is 17.9 Å². The highest BCUT2D eigenvalue weighted by molar-refractivity contribution is 6.34. The highest BCUT2D eigenvalue weighted by Crippen LogP contribution is 2.25. The van der Waals surface area contributed by atoms with Gasteiger partial charge in [0.05, 0.1) is 30.1 Å². The molecular weight excluding hydrogens is 292 g/mol. The van der Waals surface area contributed by atoms with Crippen LogP contribution in [-0.4, -0.2) is 27.4 Å². The number of carbonyl (C=O) groups excluding carboxylic acids is 1. The average molecular weight is 309 g/mol. The molecule has 21 heavy (non-hydrogen) atoms. The Morgan fingerprint density at radius 2 is 2.29 bits per heavy atom. The second kappa shape index (κ2) is 7.10. The molecule has 0 saturated carbocycles. The van der Waals surface area contributed by atoms with Crippen LogP contribution in [0.4, 0.5) is 11.4 Å². The maximum atomic E-state index is 11.0. The lowest BCUT2D eigenvalue weighted by Gasteiger charge is -2.09. The van der Waals surface area contributed by atoms with Crippen molar-refractivity contribution in [2.45, 2.75) is 20.0 Å². The van der Waals surface area contributed by atoms with E-state index in [1.807, 2.05) is 12.3 Å². The minimum absolute atomic E-state index is 0.0643. The number of aliphatic hydroxyl groups is 1. The lowest BCUT2D eigenvalue weighted by Crippen LogP contribution is -2.06. The van der Waals surface area contributed by atoms with Gasteiger partial charge in [-0.3, -0.25) is 9.48 Å². The van der Waals surface area contributed by atoms with Gasteiger partial charge in [0, 0.05) is 30.9 Å². The summed E-state index contributed by atoms with van der Waals surface area (Å²) >= 11 is 6.10. The third-order valence-electron chi connectivity index (χ3n) is 2.79. The highest BCUT2D eigenvalue weighted by Gasteiger charge is 2.04. The Kier molecular flexibility index (Phi) is 5.19. The standard InChI is InChI=1S/C14H17ClN4O2/c1-10(21)18-14-3-2-12(6-13(14)15)16-7-11-8-17-19(9-11)4-5-20/h2-3,6,8-9,16,20H,4-5,7H2,1H3,(H,18,21). The molecule has 1 aromatic carbocycles. The van der Waals surface area contributed by atoms with E-state index in [2.05, 4.69) is 15.7 Å². The van der Waals surface area contributed by atoms with Gasteiger partial charge in [-0.05, 0) is 18.2 Å². The summed E-state index contributed by atoms with van der Waals surface area (Å²) in [4.78, 5) is 11.0. The van der Waals surface area contributed by atoms with Gasteiger partial charge in [-0.2, -0.15) is 5.10 Å². The Bertz CT molecular complexity index is 627. The SMILES string of the molecule is CC(=O)Nc1ccc(NCc2cnn(CCO)c2)cc1Cl. The largest absolute Gasteiger partial charge is 0.394 e. The molecule has 7 heteroatoms. The number of amides is 1.